The molecule has 0 fully saturated rings. The molecule has 0 aliphatic carbocycles. The van der Waals surface area contributed by atoms with Crippen LogP contribution >= 0.6 is 0 Å². The first-order chi connectivity index (χ1) is 25.8. The van der Waals surface area contributed by atoms with E-state index in [9.17, 15) is 5.26 Å². The van der Waals surface area contributed by atoms with E-state index < -0.39 is 0 Å². The van der Waals surface area contributed by atoms with Crippen molar-refractivity contribution in [2.75, 3.05) is 0 Å². The van der Waals surface area contributed by atoms with Gasteiger partial charge >= 0.3 is 0 Å². The van der Waals surface area contributed by atoms with Crippen LogP contribution in [-0.4, -0.2) is 19.1 Å². The van der Waals surface area contributed by atoms with Crippen molar-refractivity contribution < 1.29 is 0 Å². The molecule has 3 heterocycles. The van der Waals surface area contributed by atoms with Gasteiger partial charge in [0.15, 0.2) is 5.82 Å². The molecule has 0 spiro atoms. The molecule has 0 atom stereocenters. The first-order valence-corrected chi connectivity index (χ1v) is 17.3. The third kappa shape index (κ3) is 4.63. The molecule has 0 amide bonds. The molecule has 0 unspecified atom stereocenters. The predicted molar refractivity (Wildman–Crippen MR) is 212 cm³/mol. The SMILES string of the molecule is N#Cc1ccc(-c2nc(-c3ccccc3)cc(-c3ccccc3)n2)cc1-n1c2ccccc2c2ccc3c(c4ccccc4n3-c3ccccc3)c21. The largest absolute Gasteiger partial charge is 0.309 e. The van der Waals surface area contributed by atoms with Gasteiger partial charge in [-0.1, -0.05) is 121 Å². The summed E-state index contributed by atoms with van der Waals surface area (Å²) in [6.45, 7) is 0. The van der Waals surface area contributed by atoms with Crippen LogP contribution in [0.15, 0.2) is 176 Å². The Bertz CT molecular complexity index is 2950. The van der Waals surface area contributed by atoms with Gasteiger partial charge in [-0.2, -0.15) is 5.26 Å². The van der Waals surface area contributed by atoms with Crippen LogP contribution in [-0.2, 0) is 0 Å². The van der Waals surface area contributed by atoms with Gasteiger partial charge in [-0.05, 0) is 54.6 Å². The number of nitrogens with zero attached hydrogens (tertiary/aromatic N) is 5. The van der Waals surface area contributed by atoms with Crippen LogP contribution in [0.1, 0.15) is 5.56 Å². The maximum Gasteiger partial charge on any atom is 0.160 e. The highest BCUT2D eigenvalue weighted by Crippen LogP contribution is 2.43. The summed E-state index contributed by atoms with van der Waals surface area (Å²) in [6, 6.07) is 62.9. The number of fused-ring (bicyclic) bond motifs is 7. The maximum absolute atomic E-state index is 10.6. The lowest BCUT2D eigenvalue weighted by Gasteiger charge is -2.14. The van der Waals surface area contributed by atoms with Crippen molar-refractivity contribution >= 4 is 43.6 Å². The minimum absolute atomic E-state index is 0.567. The van der Waals surface area contributed by atoms with Crippen LogP contribution in [0.5, 0.6) is 0 Å². The minimum Gasteiger partial charge on any atom is -0.309 e. The summed E-state index contributed by atoms with van der Waals surface area (Å²) in [6.07, 6.45) is 0. The van der Waals surface area contributed by atoms with E-state index in [4.69, 9.17) is 9.97 Å². The monoisotopic (exact) mass is 663 g/mol. The Labute approximate surface area is 299 Å². The molecule has 7 aromatic carbocycles. The molecule has 0 radical (unpaired) electrons. The highest BCUT2D eigenvalue weighted by Gasteiger charge is 2.22. The Morgan fingerprint density at radius 1 is 0.442 bits per heavy atom. The second kappa shape index (κ2) is 11.9. The summed E-state index contributed by atoms with van der Waals surface area (Å²) in [5.41, 5.74) is 11.3. The fraction of sp³-hybridized carbons (Fsp3) is 0. The van der Waals surface area contributed by atoms with Crippen LogP contribution in [0.3, 0.4) is 0 Å². The Morgan fingerprint density at radius 3 is 1.67 bits per heavy atom. The molecule has 0 aliphatic rings. The molecule has 0 aliphatic heterocycles. The molecule has 0 saturated carbocycles. The van der Waals surface area contributed by atoms with E-state index in [1.54, 1.807) is 0 Å². The van der Waals surface area contributed by atoms with Gasteiger partial charge in [0, 0.05) is 43.9 Å². The van der Waals surface area contributed by atoms with Crippen molar-refractivity contribution in [3.05, 3.63) is 181 Å². The van der Waals surface area contributed by atoms with E-state index >= 15 is 0 Å². The van der Waals surface area contributed by atoms with Crippen LogP contribution in [0.4, 0.5) is 0 Å². The number of hydrogen-bond donors (Lipinski definition) is 0. The zero-order chi connectivity index (χ0) is 34.6. The quantitative estimate of drug-likeness (QED) is 0.184. The highest BCUT2D eigenvalue weighted by atomic mass is 15.0. The summed E-state index contributed by atoms with van der Waals surface area (Å²) in [4.78, 5) is 10.2. The molecule has 5 heteroatoms. The van der Waals surface area contributed by atoms with Crippen LogP contribution < -0.4 is 0 Å². The van der Waals surface area contributed by atoms with E-state index in [0.29, 0.717) is 11.4 Å². The molecule has 5 nitrogen and oxygen atoms in total. The summed E-state index contributed by atoms with van der Waals surface area (Å²) >= 11 is 0. The van der Waals surface area contributed by atoms with Gasteiger partial charge < -0.3 is 9.13 Å². The lowest BCUT2D eigenvalue weighted by atomic mass is 10.0. The molecule has 242 valence electrons. The number of aromatic nitrogens is 4. The third-order valence-electron chi connectivity index (χ3n) is 9.97. The van der Waals surface area contributed by atoms with Gasteiger partial charge in [0.05, 0.1) is 44.7 Å². The van der Waals surface area contributed by atoms with E-state index in [2.05, 4.69) is 130 Å². The lowest BCUT2D eigenvalue weighted by molar-refractivity contribution is 1.15. The van der Waals surface area contributed by atoms with Crippen molar-refractivity contribution in [2.45, 2.75) is 0 Å². The summed E-state index contributed by atoms with van der Waals surface area (Å²) in [7, 11) is 0. The van der Waals surface area contributed by atoms with Crippen LogP contribution in [0.25, 0.3) is 88.9 Å². The molecule has 0 bridgehead atoms. The standard InChI is InChI=1S/C47H29N5/c48-30-34-25-24-33(47-49-39(31-14-4-1-5-15-31)29-40(50-47)32-16-6-2-7-17-32)28-44(34)52-41-22-12-10-20-36(41)37-26-27-43-45(46(37)52)38-21-11-13-23-42(38)51(43)35-18-8-3-9-19-35/h1-29H. The van der Waals surface area contributed by atoms with Gasteiger partial charge in [0.1, 0.15) is 6.07 Å². The molecule has 10 aromatic rings. The first kappa shape index (κ1) is 29.6. The normalized spacial score (nSPS) is 11.4. The molecule has 0 saturated heterocycles. The van der Waals surface area contributed by atoms with Crippen molar-refractivity contribution in [3.8, 4) is 51.3 Å². The molecule has 52 heavy (non-hydrogen) atoms. The number of hydrogen-bond acceptors (Lipinski definition) is 3. The van der Waals surface area contributed by atoms with Crippen molar-refractivity contribution in [1.82, 2.24) is 19.1 Å². The van der Waals surface area contributed by atoms with Gasteiger partial charge in [-0.15, -0.1) is 0 Å². The topological polar surface area (TPSA) is 59.4 Å². The lowest BCUT2D eigenvalue weighted by Crippen LogP contribution is -2.01. The zero-order valence-corrected chi connectivity index (χ0v) is 28.0. The molecule has 10 rings (SSSR count). The zero-order valence-electron chi connectivity index (χ0n) is 28.0. The highest BCUT2D eigenvalue weighted by molar-refractivity contribution is 6.26. The fourth-order valence-electron chi connectivity index (χ4n) is 7.65. The number of rotatable bonds is 5. The van der Waals surface area contributed by atoms with Gasteiger partial charge in [0.2, 0.25) is 0 Å². The predicted octanol–water partition coefficient (Wildman–Crippen LogP) is 11.5. The van der Waals surface area contributed by atoms with Gasteiger partial charge in [0.25, 0.3) is 0 Å². The average Bonchev–Trinajstić information content (AvgIpc) is 3.74. The van der Waals surface area contributed by atoms with E-state index in [1.807, 2.05) is 60.7 Å². The van der Waals surface area contributed by atoms with Crippen LogP contribution in [0, 0.1) is 11.3 Å². The van der Waals surface area contributed by atoms with Crippen molar-refractivity contribution in [3.63, 3.8) is 0 Å². The number of nitriles is 1. The van der Waals surface area contributed by atoms with E-state index in [0.717, 1.165) is 83.1 Å². The summed E-state index contributed by atoms with van der Waals surface area (Å²) < 4.78 is 4.61. The van der Waals surface area contributed by atoms with E-state index in [1.165, 1.54) is 0 Å². The van der Waals surface area contributed by atoms with E-state index in [-0.39, 0.29) is 0 Å². The fourth-order valence-corrected chi connectivity index (χ4v) is 7.65. The Kier molecular flexibility index (Phi) is 6.80. The van der Waals surface area contributed by atoms with Gasteiger partial charge in [-0.25, -0.2) is 9.97 Å². The Morgan fingerprint density at radius 2 is 1.02 bits per heavy atom. The Balaban J connectivity index is 1.29. The first-order valence-electron chi connectivity index (χ1n) is 17.3. The molecular formula is C47H29N5. The number of benzene rings is 7. The third-order valence-corrected chi connectivity index (χ3v) is 9.97. The second-order valence-electron chi connectivity index (χ2n) is 12.9. The summed E-state index contributed by atoms with van der Waals surface area (Å²) in [5, 5.41) is 15.2. The smallest absolute Gasteiger partial charge is 0.160 e. The Hall–Kier alpha value is -7.29. The molecule has 0 N–H and O–H groups in total. The average molecular weight is 664 g/mol. The van der Waals surface area contributed by atoms with Crippen molar-refractivity contribution in [2.24, 2.45) is 0 Å². The van der Waals surface area contributed by atoms with Gasteiger partial charge in [-0.3, -0.25) is 0 Å². The minimum atomic E-state index is 0.567. The van der Waals surface area contributed by atoms with Crippen LogP contribution in [0.2, 0.25) is 0 Å². The summed E-state index contributed by atoms with van der Waals surface area (Å²) in [5.74, 6) is 0.595. The second-order valence-corrected chi connectivity index (χ2v) is 12.9. The molecular weight excluding hydrogens is 635 g/mol. The maximum atomic E-state index is 10.6. The van der Waals surface area contributed by atoms with Crippen molar-refractivity contribution in [1.29, 1.82) is 5.26 Å². The number of para-hydroxylation sites is 3. The molecule has 3 aromatic heterocycles.